The molecule has 0 bridgehead atoms. The zero-order valence-electron chi connectivity index (χ0n) is 10.5. The predicted molar refractivity (Wildman–Crippen MR) is 72.8 cm³/mol. The Bertz CT molecular complexity index is 586. The molecule has 0 fully saturated rings. The van der Waals surface area contributed by atoms with Crippen molar-refractivity contribution in [1.29, 1.82) is 0 Å². The van der Waals surface area contributed by atoms with Crippen molar-refractivity contribution >= 4 is 27.3 Å². The van der Waals surface area contributed by atoms with Gasteiger partial charge in [0.2, 0.25) is 10.0 Å². The molecule has 0 aromatic heterocycles. The number of primary sulfonamides is 1. The largest absolute Gasteiger partial charge is 0.274 e. The van der Waals surface area contributed by atoms with Crippen LogP contribution in [0.5, 0.6) is 0 Å². The van der Waals surface area contributed by atoms with Crippen molar-refractivity contribution in [2.24, 2.45) is 5.14 Å². The molecule has 8 heteroatoms. The number of hydrogen-bond acceptors (Lipinski definition) is 4. The highest BCUT2D eigenvalue weighted by Crippen LogP contribution is 2.34. The Hall–Kier alpha value is -1.18. The standard InChI is InChI=1S/C11H15ClN2O4S/c1-3-9(7(2)12)10-5-4-8(19(13,17)18)6-11(10)14(15)16/h4-7,9H,3H2,1-2H3,(H2,13,17,18). The topological polar surface area (TPSA) is 103 Å². The first-order valence-electron chi connectivity index (χ1n) is 5.63. The van der Waals surface area contributed by atoms with Crippen molar-refractivity contribution in [3.05, 3.63) is 33.9 Å². The van der Waals surface area contributed by atoms with Crippen LogP contribution in [0.25, 0.3) is 0 Å². The maximum Gasteiger partial charge on any atom is 0.274 e. The van der Waals surface area contributed by atoms with Crippen molar-refractivity contribution in [3.8, 4) is 0 Å². The molecular formula is C11H15ClN2O4S. The predicted octanol–water partition coefficient (Wildman–Crippen LogP) is 2.36. The Labute approximate surface area is 116 Å². The molecule has 6 nitrogen and oxygen atoms in total. The highest BCUT2D eigenvalue weighted by molar-refractivity contribution is 7.89. The molecule has 2 N–H and O–H groups in total. The van der Waals surface area contributed by atoms with Crippen molar-refractivity contribution in [3.63, 3.8) is 0 Å². The minimum Gasteiger partial charge on any atom is -0.258 e. The van der Waals surface area contributed by atoms with Gasteiger partial charge in [-0.15, -0.1) is 11.6 Å². The van der Waals surface area contributed by atoms with Gasteiger partial charge in [0.25, 0.3) is 5.69 Å². The Balaban J connectivity index is 3.46. The molecule has 0 spiro atoms. The first-order valence-corrected chi connectivity index (χ1v) is 7.62. The smallest absolute Gasteiger partial charge is 0.258 e. The van der Waals surface area contributed by atoms with Crippen LogP contribution >= 0.6 is 11.6 Å². The Kier molecular flexibility index (Phi) is 4.89. The molecule has 2 atom stereocenters. The average molecular weight is 307 g/mol. The lowest BCUT2D eigenvalue weighted by atomic mass is 9.92. The minimum absolute atomic E-state index is 0.225. The Morgan fingerprint density at radius 2 is 2.05 bits per heavy atom. The van der Waals surface area contributed by atoms with Gasteiger partial charge in [-0.2, -0.15) is 0 Å². The van der Waals surface area contributed by atoms with Crippen LogP contribution in [0.1, 0.15) is 31.7 Å². The second-order valence-corrected chi connectivity index (χ2v) is 6.46. The summed E-state index contributed by atoms with van der Waals surface area (Å²) in [7, 11) is -3.97. The molecule has 2 unspecified atom stereocenters. The molecule has 19 heavy (non-hydrogen) atoms. The van der Waals surface area contributed by atoms with Crippen LogP contribution in [-0.4, -0.2) is 18.7 Å². The van der Waals surface area contributed by atoms with Gasteiger partial charge in [-0.05, 0) is 19.4 Å². The molecule has 0 heterocycles. The maximum absolute atomic E-state index is 11.2. The molecule has 0 aliphatic heterocycles. The van der Waals surface area contributed by atoms with E-state index in [0.29, 0.717) is 12.0 Å². The van der Waals surface area contributed by atoms with E-state index in [1.807, 2.05) is 6.92 Å². The normalized spacial score (nSPS) is 14.9. The van der Waals surface area contributed by atoms with E-state index in [1.165, 1.54) is 12.1 Å². The maximum atomic E-state index is 11.2. The van der Waals surface area contributed by atoms with Gasteiger partial charge in [-0.3, -0.25) is 10.1 Å². The summed E-state index contributed by atoms with van der Waals surface area (Å²) in [5.74, 6) is -0.225. The lowest BCUT2D eigenvalue weighted by Gasteiger charge is -2.18. The summed E-state index contributed by atoms with van der Waals surface area (Å²) in [5, 5.41) is 15.7. The molecule has 1 aromatic carbocycles. The second-order valence-electron chi connectivity index (χ2n) is 4.22. The van der Waals surface area contributed by atoms with Crippen molar-refractivity contribution in [2.45, 2.75) is 36.5 Å². The van der Waals surface area contributed by atoms with E-state index < -0.39 is 14.9 Å². The third-order valence-corrected chi connectivity index (χ3v) is 4.14. The highest BCUT2D eigenvalue weighted by Gasteiger charge is 2.26. The van der Waals surface area contributed by atoms with Crippen LogP contribution in [0, 0.1) is 10.1 Å². The Morgan fingerprint density at radius 3 is 2.42 bits per heavy atom. The first-order chi connectivity index (χ1) is 8.68. The number of nitrogens with two attached hydrogens (primary N) is 1. The minimum atomic E-state index is -3.97. The summed E-state index contributed by atoms with van der Waals surface area (Å²) in [4.78, 5) is 10.2. The number of nitro groups is 1. The number of halogens is 1. The van der Waals surface area contributed by atoms with Crippen LogP contribution in [0.3, 0.4) is 0 Å². The summed E-state index contributed by atoms with van der Waals surface area (Å²) >= 11 is 6.02. The second kappa shape index (κ2) is 5.85. The zero-order valence-corrected chi connectivity index (χ0v) is 12.1. The monoisotopic (exact) mass is 306 g/mol. The molecule has 0 saturated heterocycles. The van der Waals surface area contributed by atoms with Gasteiger partial charge >= 0.3 is 0 Å². The van der Waals surface area contributed by atoms with Crippen molar-refractivity contribution < 1.29 is 13.3 Å². The number of nitro benzene ring substituents is 1. The molecule has 0 radical (unpaired) electrons. The third-order valence-electron chi connectivity index (χ3n) is 2.92. The van der Waals surface area contributed by atoms with Crippen LogP contribution in [-0.2, 0) is 10.0 Å². The fourth-order valence-corrected chi connectivity index (χ4v) is 2.81. The molecule has 0 saturated carbocycles. The van der Waals surface area contributed by atoms with Crippen LogP contribution in [0.4, 0.5) is 5.69 Å². The number of alkyl halides is 1. The van der Waals surface area contributed by atoms with E-state index in [9.17, 15) is 18.5 Å². The van der Waals surface area contributed by atoms with Crippen LogP contribution < -0.4 is 5.14 Å². The first kappa shape index (κ1) is 15.9. The summed E-state index contributed by atoms with van der Waals surface area (Å²) in [5.41, 5.74) is 0.147. The Morgan fingerprint density at radius 1 is 1.47 bits per heavy atom. The molecule has 106 valence electrons. The van der Waals surface area contributed by atoms with E-state index in [4.69, 9.17) is 16.7 Å². The number of sulfonamides is 1. The number of benzene rings is 1. The molecule has 1 rings (SSSR count). The lowest BCUT2D eigenvalue weighted by Crippen LogP contribution is -2.15. The van der Waals surface area contributed by atoms with Crippen LogP contribution in [0.2, 0.25) is 0 Å². The lowest BCUT2D eigenvalue weighted by molar-refractivity contribution is -0.386. The summed E-state index contributed by atoms with van der Waals surface area (Å²) in [6, 6.07) is 3.65. The fraction of sp³-hybridized carbons (Fsp3) is 0.455. The zero-order chi connectivity index (χ0) is 14.8. The average Bonchev–Trinajstić information content (AvgIpc) is 2.28. The van der Waals surface area contributed by atoms with E-state index in [1.54, 1.807) is 6.92 Å². The van der Waals surface area contributed by atoms with Gasteiger partial charge in [0, 0.05) is 22.9 Å². The van der Waals surface area contributed by atoms with Gasteiger partial charge in [-0.25, -0.2) is 13.6 Å². The van der Waals surface area contributed by atoms with Gasteiger partial charge in [0.1, 0.15) is 0 Å². The molecule has 0 amide bonds. The summed E-state index contributed by atoms with van der Waals surface area (Å²) < 4.78 is 22.4. The molecular weight excluding hydrogens is 292 g/mol. The van der Waals surface area contributed by atoms with Gasteiger partial charge < -0.3 is 0 Å². The van der Waals surface area contributed by atoms with E-state index in [2.05, 4.69) is 0 Å². The quantitative estimate of drug-likeness (QED) is 0.512. The van der Waals surface area contributed by atoms with E-state index in [-0.39, 0.29) is 21.9 Å². The van der Waals surface area contributed by atoms with E-state index >= 15 is 0 Å². The highest BCUT2D eigenvalue weighted by atomic mass is 35.5. The van der Waals surface area contributed by atoms with Crippen molar-refractivity contribution in [1.82, 2.24) is 0 Å². The van der Waals surface area contributed by atoms with Crippen molar-refractivity contribution in [2.75, 3.05) is 0 Å². The third kappa shape index (κ3) is 3.65. The molecule has 0 aliphatic rings. The van der Waals surface area contributed by atoms with E-state index in [0.717, 1.165) is 6.07 Å². The van der Waals surface area contributed by atoms with Gasteiger partial charge in [-0.1, -0.05) is 13.0 Å². The summed E-state index contributed by atoms with van der Waals surface area (Å²) in [6.45, 7) is 3.61. The number of rotatable bonds is 5. The van der Waals surface area contributed by atoms with Gasteiger partial charge in [0.05, 0.1) is 9.82 Å². The molecule has 0 aliphatic carbocycles. The fourth-order valence-electron chi connectivity index (χ4n) is 1.96. The van der Waals surface area contributed by atoms with Gasteiger partial charge in [0.15, 0.2) is 0 Å². The molecule has 1 aromatic rings. The number of hydrogen-bond donors (Lipinski definition) is 1. The summed E-state index contributed by atoms with van der Waals surface area (Å²) in [6.07, 6.45) is 0.611. The van der Waals surface area contributed by atoms with Crippen LogP contribution in [0.15, 0.2) is 23.1 Å². The SMILES string of the molecule is CCC(c1ccc(S(N)(=O)=O)cc1[N+](=O)[O-])C(C)Cl. The number of nitrogens with zero attached hydrogens (tertiary/aromatic N) is 1.